The molecule has 0 bridgehead atoms. The number of halogens is 2. The van der Waals surface area contributed by atoms with E-state index in [9.17, 15) is 9.59 Å². The quantitative estimate of drug-likeness (QED) is 0.692. The van der Waals surface area contributed by atoms with Crippen LogP contribution < -0.4 is 11.1 Å². The number of carbonyl (C=O) groups excluding carboxylic acids is 2. The molecule has 0 aliphatic carbocycles. The Kier molecular flexibility index (Phi) is 10.2. The summed E-state index contributed by atoms with van der Waals surface area (Å²) in [5, 5.41) is 2.92. The summed E-state index contributed by atoms with van der Waals surface area (Å²) in [6, 6.07) is 9.94. The Balaban J connectivity index is 0.00000196. The van der Waals surface area contributed by atoms with E-state index < -0.39 is 0 Å². The maximum atomic E-state index is 12.5. The van der Waals surface area contributed by atoms with Crippen molar-refractivity contribution < 1.29 is 9.59 Å². The van der Waals surface area contributed by atoms with Gasteiger partial charge in [-0.2, -0.15) is 0 Å². The summed E-state index contributed by atoms with van der Waals surface area (Å²) < 4.78 is 0. The molecule has 2 saturated heterocycles. The maximum Gasteiger partial charge on any atom is 0.225 e. The molecule has 1 aromatic rings. The second kappa shape index (κ2) is 11.6. The fourth-order valence-corrected chi connectivity index (χ4v) is 4.07. The molecule has 0 aromatic heterocycles. The number of hydrogen-bond acceptors (Lipinski definition) is 4. The minimum Gasteiger partial charge on any atom is -0.354 e. The third-order valence-corrected chi connectivity index (χ3v) is 5.65. The Hall–Kier alpha value is -1.34. The molecule has 3 N–H and O–H groups in total. The number of nitrogens with zero attached hydrogens (tertiary/aromatic N) is 2. The molecule has 2 aliphatic rings. The number of nitrogens with two attached hydrogens (primary N) is 1. The molecule has 3 rings (SSSR count). The maximum absolute atomic E-state index is 12.5. The van der Waals surface area contributed by atoms with Crippen LogP contribution in [-0.4, -0.2) is 60.4 Å². The molecule has 2 heterocycles. The van der Waals surface area contributed by atoms with E-state index in [-0.39, 0.29) is 48.6 Å². The molecule has 1 aromatic carbocycles. The fraction of sp³-hybridized carbons (Fsp3) is 0.600. The SMILES string of the molecule is CCN1CCCC1CN1CC(C(=O)NCC(N)c2ccccc2)CC1=O.Cl.Cl. The Morgan fingerprint density at radius 2 is 2.00 bits per heavy atom. The van der Waals surface area contributed by atoms with Crippen molar-refractivity contribution in [2.45, 2.75) is 38.3 Å². The van der Waals surface area contributed by atoms with Crippen molar-refractivity contribution in [3.05, 3.63) is 35.9 Å². The zero-order valence-corrected chi connectivity index (χ0v) is 18.0. The van der Waals surface area contributed by atoms with Gasteiger partial charge in [0, 0.05) is 38.1 Å². The summed E-state index contributed by atoms with van der Waals surface area (Å²) in [5.74, 6) is -0.228. The van der Waals surface area contributed by atoms with E-state index in [2.05, 4.69) is 17.1 Å². The third kappa shape index (κ3) is 6.08. The van der Waals surface area contributed by atoms with Gasteiger partial charge in [0.25, 0.3) is 0 Å². The Bertz CT molecular complexity index is 632. The number of hydrogen-bond donors (Lipinski definition) is 2. The van der Waals surface area contributed by atoms with E-state index in [4.69, 9.17) is 5.73 Å². The smallest absolute Gasteiger partial charge is 0.225 e. The molecule has 28 heavy (non-hydrogen) atoms. The fourth-order valence-electron chi connectivity index (χ4n) is 4.07. The first-order chi connectivity index (χ1) is 12.6. The predicted octanol–water partition coefficient (Wildman–Crippen LogP) is 1.98. The zero-order valence-electron chi connectivity index (χ0n) is 16.4. The van der Waals surface area contributed by atoms with Crippen LogP contribution >= 0.6 is 24.8 Å². The van der Waals surface area contributed by atoms with Crippen LogP contribution in [0.2, 0.25) is 0 Å². The third-order valence-electron chi connectivity index (χ3n) is 5.65. The van der Waals surface area contributed by atoms with E-state index in [1.807, 2.05) is 35.2 Å². The van der Waals surface area contributed by atoms with E-state index in [0.29, 0.717) is 25.6 Å². The average Bonchev–Trinajstić information content (AvgIpc) is 3.27. The summed E-state index contributed by atoms with van der Waals surface area (Å²) in [5.41, 5.74) is 7.14. The van der Waals surface area contributed by atoms with Gasteiger partial charge in [-0.05, 0) is 31.5 Å². The van der Waals surface area contributed by atoms with Crippen molar-refractivity contribution in [3.63, 3.8) is 0 Å². The molecule has 2 fully saturated rings. The van der Waals surface area contributed by atoms with Crippen molar-refractivity contribution in [1.82, 2.24) is 15.1 Å². The van der Waals surface area contributed by atoms with E-state index in [1.54, 1.807) is 0 Å². The van der Waals surface area contributed by atoms with Crippen molar-refractivity contribution >= 4 is 36.6 Å². The number of amides is 2. The standard InChI is InChI=1S/C20H30N4O2.2ClH/c1-2-23-10-6-9-17(23)14-24-13-16(11-19(24)25)20(26)22-12-18(21)15-7-4-3-5-8-15;;/h3-5,7-8,16-18H,2,6,9-14,21H2,1H3,(H,22,26);2*1H. The van der Waals surface area contributed by atoms with E-state index in [0.717, 1.165) is 31.6 Å². The highest BCUT2D eigenvalue weighted by Crippen LogP contribution is 2.23. The molecule has 2 amide bonds. The molecule has 3 atom stereocenters. The summed E-state index contributed by atoms with van der Waals surface area (Å²) in [4.78, 5) is 29.1. The lowest BCUT2D eigenvalue weighted by Crippen LogP contribution is -2.42. The van der Waals surface area contributed by atoms with Crippen molar-refractivity contribution in [2.24, 2.45) is 11.7 Å². The summed E-state index contributed by atoms with van der Waals surface area (Å²) >= 11 is 0. The average molecular weight is 431 g/mol. The summed E-state index contributed by atoms with van der Waals surface area (Å²) in [6.45, 7) is 5.97. The monoisotopic (exact) mass is 430 g/mol. The topological polar surface area (TPSA) is 78.7 Å². The van der Waals surface area contributed by atoms with Crippen molar-refractivity contribution in [3.8, 4) is 0 Å². The lowest BCUT2D eigenvalue weighted by molar-refractivity contribution is -0.129. The molecular weight excluding hydrogens is 399 g/mol. The molecule has 0 radical (unpaired) electrons. The van der Waals surface area contributed by atoms with E-state index >= 15 is 0 Å². The van der Waals surface area contributed by atoms with Gasteiger partial charge in [0.2, 0.25) is 11.8 Å². The van der Waals surface area contributed by atoms with Crippen molar-refractivity contribution in [2.75, 3.05) is 32.7 Å². The van der Waals surface area contributed by atoms with Gasteiger partial charge in [-0.3, -0.25) is 14.5 Å². The van der Waals surface area contributed by atoms with E-state index in [1.165, 1.54) is 6.42 Å². The lowest BCUT2D eigenvalue weighted by atomic mass is 10.1. The predicted molar refractivity (Wildman–Crippen MR) is 116 cm³/mol. The van der Waals surface area contributed by atoms with Gasteiger partial charge < -0.3 is 16.0 Å². The first-order valence-electron chi connectivity index (χ1n) is 9.68. The first-order valence-corrected chi connectivity index (χ1v) is 9.68. The number of likely N-dealkylation sites (N-methyl/N-ethyl adjacent to an activating group) is 1. The van der Waals surface area contributed by atoms with Gasteiger partial charge in [0.15, 0.2) is 0 Å². The number of carbonyl (C=O) groups is 2. The molecule has 8 heteroatoms. The number of likely N-dealkylation sites (tertiary alicyclic amines) is 2. The highest BCUT2D eigenvalue weighted by atomic mass is 35.5. The number of benzene rings is 1. The molecule has 0 saturated carbocycles. The number of nitrogens with one attached hydrogen (secondary N) is 1. The number of rotatable bonds is 7. The minimum atomic E-state index is -0.262. The zero-order chi connectivity index (χ0) is 18.5. The van der Waals surface area contributed by atoms with Gasteiger partial charge in [0.05, 0.1) is 5.92 Å². The van der Waals surface area contributed by atoms with Gasteiger partial charge in [-0.15, -0.1) is 24.8 Å². The molecule has 3 unspecified atom stereocenters. The van der Waals surface area contributed by atoms with Crippen LogP contribution in [0.3, 0.4) is 0 Å². The molecule has 6 nitrogen and oxygen atoms in total. The van der Waals surface area contributed by atoms with Gasteiger partial charge in [0.1, 0.15) is 0 Å². The Morgan fingerprint density at radius 3 is 2.68 bits per heavy atom. The molecule has 2 aliphatic heterocycles. The lowest BCUT2D eigenvalue weighted by Gasteiger charge is -2.27. The normalized spacial score (nSPS) is 23.1. The summed E-state index contributed by atoms with van der Waals surface area (Å²) in [7, 11) is 0. The highest BCUT2D eigenvalue weighted by molar-refractivity contribution is 5.89. The molecule has 158 valence electrons. The Morgan fingerprint density at radius 1 is 1.29 bits per heavy atom. The van der Waals surface area contributed by atoms with Crippen LogP contribution in [0.1, 0.15) is 37.8 Å². The van der Waals surface area contributed by atoms with Crippen LogP contribution in [0, 0.1) is 5.92 Å². The van der Waals surface area contributed by atoms with Crippen LogP contribution in [0.25, 0.3) is 0 Å². The first kappa shape index (κ1) is 24.7. The Labute approximate surface area is 180 Å². The summed E-state index contributed by atoms with van der Waals surface area (Å²) in [6.07, 6.45) is 2.65. The second-order valence-corrected chi connectivity index (χ2v) is 7.39. The minimum absolute atomic E-state index is 0. The second-order valence-electron chi connectivity index (χ2n) is 7.39. The van der Waals surface area contributed by atoms with Crippen LogP contribution in [-0.2, 0) is 9.59 Å². The molecular formula is C20H32Cl2N4O2. The van der Waals surface area contributed by atoms with Gasteiger partial charge in [-0.1, -0.05) is 37.3 Å². The van der Waals surface area contributed by atoms with Gasteiger partial charge in [-0.25, -0.2) is 0 Å². The highest BCUT2D eigenvalue weighted by Gasteiger charge is 2.36. The van der Waals surface area contributed by atoms with Gasteiger partial charge >= 0.3 is 0 Å². The van der Waals surface area contributed by atoms with Crippen LogP contribution in [0.15, 0.2) is 30.3 Å². The largest absolute Gasteiger partial charge is 0.354 e. The van der Waals surface area contributed by atoms with Crippen LogP contribution in [0.4, 0.5) is 0 Å². The van der Waals surface area contributed by atoms with Crippen LogP contribution in [0.5, 0.6) is 0 Å². The van der Waals surface area contributed by atoms with Crippen molar-refractivity contribution in [1.29, 1.82) is 0 Å². The molecule has 0 spiro atoms.